The second-order valence-electron chi connectivity index (χ2n) is 6.05. The van der Waals surface area contributed by atoms with E-state index in [2.05, 4.69) is 5.32 Å². The van der Waals surface area contributed by atoms with E-state index in [0.717, 1.165) is 12.0 Å². The fourth-order valence-electron chi connectivity index (χ4n) is 2.95. The summed E-state index contributed by atoms with van der Waals surface area (Å²) in [5, 5.41) is 2.83. The molecule has 4 heteroatoms. The maximum atomic E-state index is 11.8. The van der Waals surface area contributed by atoms with Crippen LogP contribution >= 0.6 is 0 Å². The van der Waals surface area contributed by atoms with Gasteiger partial charge in [-0.25, -0.2) is 0 Å². The number of nitrogens with one attached hydrogen (secondary N) is 1. The zero-order chi connectivity index (χ0) is 15.8. The third-order valence-corrected chi connectivity index (χ3v) is 4.27. The molecule has 0 bridgehead atoms. The Balaban J connectivity index is 1.63. The molecule has 1 aromatic carbocycles. The normalized spacial score (nSPS) is 16.2. The van der Waals surface area contributed by atoms with Crippen molar-refractivity contribution < 1.29 is 14.3 Å². The second kappa shape index (κ2) is 8.57. The van der Waals surface area contributed by atoms with Crippen molar-refractivity contribution in [2.24, 2.45) is 5.92 Å². The first kappa shape index (κ1) is 16.5. The van der Waals surface area contributed by atoms with Crippen LogP contribution in [0, 0.1) is 5.92 Å². The maximum absolute atomic E-state index is 11.8. The number of ether oxygens (including phenoxy) is 1. The Hall–Kier alpha value is -1.84. The summed E-state index contributed by atoms with van der Waals surface area (Å²) in [7, 11) is 0. The first-order valence-corrected chi connectivity index (χ1v) is 8.15. The van der Waals surface area contributed by atoms with Gasteiger partial charge in [0.15, 0.2) is 6.61 Å². The van der Waals surface area contributed by atoms with Crippen molar-refractivity contribution in [3.8, 4) is 0 Å². The number of hydrogen-bond donors (Lipinski definition) is 1. The number of benzene rings is 1. The summed E-state index contributed by atoms with van der Waals surface area (Å²) in [4.78, 5) is 23.5. The fourth-order valence-corrected chi connectivity index (χ4v) is 2.95. The molecule has 1 saturated carbocycles. The van der Waals surface area contributed by atoms with E-state index in [0.29, 0.717) is 12.3 Å². The smallest absolute Gasteiger partial charge is 0.306 e. The molecule has 1 amide bonds. The molecule has 0 saturated heterocycles. The lowest BCUT2D eigenvalue weighted by atomic mass is 10.0. The molecule has 0 aliphatic heterocycles. The minimum Gasteiger partial charge on any atom is -0.456 e. The Morgan fingerprint density at radius 1 is 1.23 bits per heavy atom. The molecule has 1 aromatic rings. The monoisotopic (exact) mass is 303 g/mol. The highest BCUT2D eigenvalue weighted by Crippen LogP contribution is 2.28. The summed E-state index contributed by atoms with van der Waals surface area (Å²) in [5.74, 6) is 0.138. The number of esters is 1. The largest absolute Gasteiger partial charge is 0.456 e. The molecule has 1 fully saturated rings. The quantitative estimate of drug-likeness (QED) is 0.786. The average molecular weight is 303 g/mol. The Kier molecular flexibility index (Phi) is 6.44. The Bertz CT molecular complexity index is 480. The molecule has 0 radical (unpaired) electrons. The van der Waals surface area contributed by atoms with Crippen molar-refractivity contribution in [3.05, 3.63) is 35.9 Å². The molecule has 1 N–H and O–H groups in total. The third-order valence-electron chi connectivity index (χ3n) is 4.27. The van der Waals surface area contributed by atoms with Gasteiger partial charge in [0.1, 0.15) is 0 Å². The molecular weight excluding hydrogens is 278 g/mol. The van der Waals surface area contributed by atoms with Crippen molar-refractivity contribution in [3.63, 3.8) is 0 Å². The van der Waals surface area contributed by atoms with Crippen molar-refractivity contribution in [2.75, 3.05) is 6.61 Å². The van der Waals surface area contributed by atoms with Crippen LogP contribution in [0.5, 0.6) is 0 Å². The molecule has 1 aliphatic rings. The van der Waals surface area contributed by atoms with Gasteiger partial charge in [-0.05, 0) is 24.8 Å². The standard InChI is InChI=1S/C18H25NO3/c1-14(16-9-3-2-4-10-16)19-17(20)13-22-18(21)12-11-15-7-5-6-8-15/h2-4,9-10,14-15H,5-8,11-13H2,1H3,(H,19,20). The lowest BCUT2D eigenvalue weighted by Gasteiger charge is -2.14. The zero-order valence-electron chi connectivity index (χ0n) is 13.2. The van der Waals surface area contributed by atoms with Crippen LogP contribution in [0.1, 0.15) is 57.1 Å². The lowest BCUT2D eigenvalue weighted by Crippen LogP contribution is -2.31. The van der Waals surface area contributed by atoms with Crippen molar-refractivity contribution in [1.82, 2.24) is 5.32 Å². The first-order valence-electron chi connectivity index (χ1n) is 8.15. The molecule has 0 heterocycles. The maximum Gasteiger partial charge on any atom is 0.306 e. The van der Waals surface area contributed by atoms with Crippen molar-refractivity contribution >= 4 is 11.9 Å². The van der Waals surface area contributed by atoms with Crippen LogP contribution in [-0.4, -0.2) is 18.5 Å². The van der Waals surface area contributed by atoms with E-state index < -0.39 is 0 Å². The van der Waals surface area contributed by atoms with Crippen LogP contribution in [0.2, 0.25) is 0 Å². The topological polar surface area (TPSA) is 55.4 Å². The number of hydrogen-bond acceptors (Lipinski definition) is 3. The molecule has 1 unspecified atom stereocenters. The van der Waals surface area contributed by atoms with Crippen molar-refractivity contribution in [2.45, 2.75) is 51.5 Å². The second-order valence-corrected chi connectivity index (χ2v) is 6.05. The van der Waals surface area contributed by atoms with Gasteiger partial charge in [0.05, 0.1) is 6.04 Å². The molecule has 22 heavy (non-hydrogen) atoms. The summed E-state index contributed by atoms with van der Waals surface area (Å²) >= 11 is 0. The van der Waals surface area contributed by atoms with E-state index in [9.17, 15) is 9.59 Å². The van der Waals surface area contributed by atoms with E-state index in [4.69, 9.17) is 4.74 Å². The minimum absolute atomic E-state index is 0.0918. The minimum atomic E-state index is -0.269. The molecule has 1 atom stereocenters. The van der Waals surface area contributed by atoms with Gasteiger partial charge >= 0.3 is 5.97 Å². The summed E-state index contributed by atoms with van der Waals surface area (Å²) in [5.41, 5.74) is 1.03. The Morgan fingerprint density at radius 3 is 2.59 bits per heavy atom. The number of carbonyl (C=O) groups is 2. The lowest BCUT2D eigenvalue weighted by molar-refractivity contribution is -0.149. The van der Waals surface area contributed by atoms with Gasteiger partial charge < -0.3 is 10.1 Å². The average Bonchev–Trinajstić information content (AvgIpc) is 3.05. The van der Waals surface area contributed by atoms with Gasteiger partial charge in [0.2, 0.25) is 0 Å². The van der Waals surface area contributed by atoms with Gasteiger partial charge in [-0.1, -0.05) is 56.0 Å². The van der Waals surface area contributed by atoms with Gasteiger partial charge in [-0.2, -0.15) is 0 Å². The predicted molar refractivity (Wildman–Crippen MR) is 85.2 cm³/mol. The van der Waals surface area contributed by atoms with Crippen LogP contribution in [0.4, 0.5) is 0 Å². The predicted octanol–water partition coefficient (Wildman–Crippen LogP) is 3.38. The molecular formula is C18H25NO3. The molecule has 2 rings (SSSR count). The highest BCUT2D eigenvalue weighted by Gasteiger charge is 2.17. The van der Waals surface area contributed by atoms with E-state index in [1.165, 1.54) is 25.7 Å². The highest BCUT2D eigenvalue weighted by atomic mass is 16.5. The van der Waals surface area contributed by atoms with E-state index in [1.54, 1.807) is 0 Å². The number of carbonyl (C=O) groups excluding carboxylic acids is 2. The van der Waals surface area contributed by atoms with E-state index in [1.807, 2.05) is 37.3 Å². The molecule has 1 aliphatic carbocycles. The third kappa shape index (κ3) is 5.51. The van der Waals surface area contributed by atoms with Crippen molar-refractivity contribution in [1.29, 1.82) is 0 Å². The summed E-state index contributed by atoms with van der Waals surface area (Å²) in [6, 6.07) is 9.62. The summed E-state index contributed by atoms with van der Waals surface area (Å²) < 4.78 is 5.05. The van der Waals surface area contributed by atoms with E-state index in [-0.39, 0.29) is 24.5 Å². The summed E-state index contributed by atoms with van der Waals surface area (Å²) in [6.45, 7) is 1.72. The Labute approximate surface area is 132 Å². The molecule has 0 aromatic heterocycles. The Morgan fingerprint density at radius 2 is 1.91 bits per heavy atom. The van der Waals surface area contributed by atoms with E-state index >= 15 is 0 Å². The van der Waals surface area contributed by atoms with Crippen LogP contribution in [0.15, 0.2) is 30.3 Å². The van der Waals surface area contributed by atoms with Crippen LogP contribution in [0.3, 0.4) is 0 Å². The molecule has 120 valence electrons. The zero-order valence-corrected chi connectivity index (χ0v) is 13.2. The molecule has 4 nitrogen and oxygen atoms in total. The molecule has 0 spiro atoms. The van der Waals surface area contributed by atoms with Crippen LogP contribution in [-0.2, 0) is 14.3 Å². The van der Waals surface area contributed by atoms with Crippen LogP contribution in [0.25, 0.3) is 0 Å². The van der Waals surface area contributed by atoms with Gasteiger partial charge in [-0.3, -0.25) is 9.59 Å². The van der Waals surface area contributed by atoms with Crippen LogP contribution < -0.4 is 5.32 Å². The number of rotatable bonds is 7. The number of amides is 1. The van der Waals surface area contributed by atoms with Gasteiger partial charge in [0.25, 0.3) is 5.91 Å². The first-order chi connectivity index (χ1) is 10.6. The van der Waals surface area contributed by atoms with Gasteiger partial charge in [-0.15, -0.1) is 0 Å². The highest BCUT2D eigenvalue weighted by molar-refractivity contribution is 5.80. The SMILES string of the molecule is CC(NC(=O)COC(=O)CCC1CCCC1)c1ccccc1. The summed E-state index contributed by atoms with van der Waals surface area (Å²) in [6.07, 6.45) is 6.32. The fraction of sp³-hybridized carbons (Fsp3) is 0.556. The van der Waals surface area contributed by atoms with Gasteiger partial charge in [0, 0.05) is 6.42 Å².